The molecule has 0 radical (unpaired) electrons. The second kappa shape index (κ2) is 4.58. The molecule has 0 spiro atoms. The highest BCUT2D eigenvalue weighted by Gasteiger charge is 2.13. The lowest BCUT2D eigenvalue weighted by molar-refractivity contribution is 0.0690. The van der Waals surface area contributed by atoms with Gasteiger partial charge in [0.1, 0.15) is 11.4 Å². The predicted molar refractivity (Wildman–Crippen MR) is 61.6 cm³/mol. The molecule has 0 saturated carbocycles. The highest BCUT2D eigenvalue weighted by molar-refractivity contribution is 6.05. The SMILES string of the molecule is O=C(O)c1cc(NC(=O)c2ccccc2O)n[nH]1. The Hall–Kier alpha value is -2.83. The van der Waals surface area contributed by atoms with Gasteiger partial charge in [-0.25, -0.2) is 4.79 Å². The van der Waals surface area contributed by atoms with Crippen molar-refractivity contribution >= 4 is 17.7 Å². The van der Waals surface area contributed by atoms with Crippen molar-refractivity contribution in [3.63, 3.8) is 0 Å². The molecule has 0 aliphatic carbocycles. The molecule has 1 amide bonds. The van der Waals surface area contributed by atoms with Crippen molar-refractivity contribution in [1.29, 1.82) is 0 Å². The fourth-order valence-electron chi connectivity index (χ4n) is 1.34. The largest absolute Gasteiger partial charge is 0.507 e. The zero-order chi connectivity index (χ0) is 13.1. The van der Waals surface area contributed by atoms with E-state index in [4.69, 9.17) is 5.11 Å². The summed E-state index contributed by atoms with van der Waals surface area (Å²) in [7, 11) is 0. The third kappa shape index (κ3) is 2.29. The number of amides is 1. The smallest absolute Gasteiger partial charge is 0.353 e. The highest BCUT2D eigenvalue weighted by Crippen LogP contribution is 2.17. The van der Waals surface area contributed by atoms with Crippen LogP contribution in [0.2, 0.25) is 0 Å². The van der Waals surface area contributed by atoms with Crippen LogP contribution in [-0.4, -0.2) is 32.3 Å². The molecule has 1 aromatic heterocycles. The molecule has 7 heteroatoms. The first-order valence-electron chi connectivity index (χ1n) is 4.96. The van der Waals surface area contributed by atoms with Gasteiger partial charge in [-0.3, -0.25) is 9.89 Å². The summed E-state index contributed by atoms with van der Waals surface area (Å²) in [6.07, 6.45) is 0. The van der Waals surface area contributed by atoms with Crippen LogP contribution in [0, 0.1) is 0 Å². The molecule has 7 nitrogen and oxygen atoms in total. The van der Waals surface area contributed by atoms with Gasteiger partial charge in [-0.05, 0) is 12.1 Å². The van der Waals surface area contributed by atoms with Gasteiger partial charge in [-0.1, -0.05) is 12.1 Å². The van der Waals surface area contributed by atoms with E-state index in [2.05, 4.69) is 15.5 Å². The topological polar surface area (TPSA) is 115 Å². The lowest BCUT2D eigenvalue weighted by Crippen LogP contribution is -2.12. The van der Waals surface area contributed by atoms with E-state index >= 15 is 0 Å². The molecule has 0 aliphatic heterocycles. The molecule has 0 aliphatic rings. The van der Waals surface area contributed by atoms with Gasteiger partial charge in [0, 0.05) is 6.07 Å². The van der Waals surface area contributed by atoms with Gasteiger partial charge in [0.2, 0.25) is 0 Å². The number of aromatic nitrogens is 2. The summed E-state index contributed by atoms with van der Waals surface area (Å²) in [5.41, 5.74) is -0.0556. The summed E-state index contributed by atoms with van der Waals surface area (Å²) in [4.78, 5) is 22.3. The number of benzene rings is 1. The van der Waals surface area contributed by atoms with Gasteiger partial charge in [0.05, 0.1) is 5.56 Å². The molecular weight excluding hydrogens is 238 g/mol. The fourth-order valence-corrected chi connectivity index (χ4v) is 1.34. The first-order valence-corrected chi connectivity index (χ1v) is 4.96. The Kier molecular flexibility index (Phi) is 2.96. The zero-order valence-electron chi connectivity index (χ0n) is 9.04. The van der Waals surface area contributed by atoms with E-state index in [1.807, 2.05) is 0 Å². The van der Waals surface area contributed by atoms with Crippen molar-refractivity contribution in [2.75, 3.05) is 5.32 Å². The Balaban J connectivity index is 2.16. The number of hydrogen-bond acceptors (Lipinski definition) is 4. The van der Waals surface area contributed by atoms with Crippen LogP contribution >= 0.6 is 0 Å². The number of aromatic hydroxyl groups is 1. The minimum Gasteiger partial charge on any atom is -0.507 e. The number of anilines is 1. The Morgan fingerprint density at radius 3 is 2.61 bits per heavy atom. The van der Waals surface area contributed by atoms with Crippen LogP contribution in [0.5, 0.6) is 5.75 Å². The number of para-hydroxylation sites is 1. The number of nitrogens with zero attached hydrogens (tertiary/aromatic N) is 1. The molecule has 0 bridgehead atoms. The quantitative estimate of drug-likeness (QED) is 0.647. The standard InChI is InChI=1S/C11H9N3O4/c15-8-4-2-1-3-6(8)10(16)12-9-5-7(11(17)18)13-14-9/h1-5,15H,(H,17,18)(H2,12,13,14,16). The summed E-state index contributed by atoms with van der Waals surface area (Å²) in [6.45, 7) is 0. The van der Waals surface area contributed by atoms with Crippen LogP contribution in [0.15, 0.2) is 30.3 Å². The molecule has 92 valence electrons. The van der Waals surface area contributed by atoms with Gasteiger partial charge in [0.25, 0.3) is 5.91 Å². The Labute approximate surface area is 101 Å². The molecule has 0 unspecified atom stereocenters. The number of carbonyl (C=O) groups is 2. The minimum atomic E-state index is -1.18. The van der Waals surface area contributed by atoms with Crippen LogP contribution in [0.1, 0.15) is 20.8 Å². The van der Waals surface area contributed by atoms with Crippen LogP contribution in [0.3, 0.4) is 0 Å². The second-order valence-corrected chi connectivity index (χ2v) is 3.44. The third-order valence-corrected chi connectivity index (χ3v) is 2.20. The maximum absolute atomic E-state index is 11.7. The molecular formula is C11H9N3O4. The lowest BCUT2D eigenvalue weighted by Gasteiger charge is -2.03. The number of carboxylic acid groups (broad SMARTS) is 1. The number of carbonyl (C=O) groups excluding carboxylic acids is 1. The molecule has 1 aromatic carbocycles. The molecule has 2 aromatic rings. The van der Waals surface area contributed by atoms with Gasteiger partial charge in [-0.15, -0.1) is 0 Å². The predicted octanol–water partition coefficient (Wildman–Crippen LogP) is 1.07. The van der Waals surface area contributed by atoms with E-state index < -0.39 is 11.9 Å². The van der Waals surface area contributed by atoms with E-state index in [1.165, 1.54) is 18.2 Å². The van der Waals surface area contributed by atoms with Gasteiger partial charge >= 0.3 is 5.97 Å². The summed E-state index contributed by atoms with van der Waals surface area (Å²) >= 11 is 0. The molecule has 18 heavy (non-hydrogen) atoms. The van der Waals surface area contributed by atoms with Gasteiger partial charge < -0.3 is 15.5 Å². The maximum Gasteiger partial charge on any atom is 0.353 e. The number of phenolic OH excluding ortho intramolecular Hbond substituents is 1. The van der Waals surface area contributed by atoms with Crippen LogP contribution in [0.4, 0.5) is 5.82 Å². The average molecular weight is 247 g/mol. The maximum atomic E-state index is 11.7. The summed E-state index contributed by atoms with van der Waals surface area (Å²) in [5, 5.41) is 26.4. The lowest BCUT2D eigenvalue weighted by atomic mass is 10.2. The molecule has 0 atom stereocenters. The Morgan fingerprint density at radius 2 is 2.00 bits per heavy atom. The van der Waals surface area contributed by atoms with Crippen LogP contribution in [0.25, 0.3) is 0 Å². The Morgan fingerprint density at radius 1 is 1.28 bits per heavy atom. The zero-order valence-corrected chi connectivity index (χ0v) is 9.04. The molecule has 4 N–H and O–H groups in total. The molecule has 0 saturated heterocycles. The number of hydrogen-bond donors (Lipinski definition) is 4. The van der Waals surface area contributed by atoms with Crippen molar-refractivity contribution < 1.29 is 19.8 Å². The Bertz CT molecular complexity index is 606. The number of H-pyrrole nitrogens is 1. The monoisotopic (exact) mass is 247 g/mol. The van der Waals surface area contributed by atoms with E-state index in [0.717, 1.165) is 0 Å². The number of carboxylic acids is 1. The van der Waals surface area contributed by atoms with Crippen molar-refractivity contribution in [3.8, 4) is 5.75 Å². The number of aromatic carboxylic acids is 1. The van der Waals surface area contributed by atoms with E-state index in [0.29, 0.717) is 0 Å². The third-order valence-electron chi connectivity index (χ3n) is 2.20. The molecule has 1 heterocycles. The first-order chi connectivity index (χ1) is 8.58. The fraction of sp³-hybridized carbons (Fsp3) is 0. The van der Waals surface area contributed by atoms with Crippen molar-refractivity contribution in [3.05, 3.63) is 41.6 Å². The molecule has 0 fully saturated rings. The van der Waals surface area contributed by atoms with Gasteiger partial charge in [-0.2, -0.15) is 5.10 Å². The van der Waals surface area contributed by atoms with E-state index in [9.17, 15) is 14.7 Å². The normalized spacial score (nSPS) is 10.0. The summed E-state index contributed by atoms with van der Waals surface area (Å²) < 4.78 is 0. The van der Waals surface area contributed by atoms with Crippen molar-refractivity contribution in [1.82, 2.24) is 10.2 Å². The van der Waals surface area contributed by atoms with Crippen molar-refractivity contribution in [2.24, 2.45) is 0 Å². The first kappa shape index (κ1) is 11.6. The number of phenols is 1. The summed E-state index contributed by atoms with van der Waals surface area (Å²) in [5.74, 6) is -1.84. The number of rotatable bonds is 3. The number of nitrogens with one attached hydrogen (secondary N) is 2. The summed E-state index contributed by atoms with van der Waals surface area (Å²) in [6, 6.07) is 7.18. The van der Waals surface area contributed by atoms with Crippen LogP contribution < -0.4 is 5.32 Å². The van der Waals surface area contributed by atoms with E-state index in [-0.39, 0.29) is 22.8 Å². The second-order valence-electron chi connectivity index (χ2n) is 3.44. The van der Waals surface area contributed by atoms with Crippen molar-refractivity contribution in [2.45, 2.75) is 0 Å². The van der Waals surface area contributed by atoms with Gasteiger partial charge in [0.15, 0.2) is 5.82 Å². The van der Waals surface area contributed by atoms with E-state index in [1.54, 1.807) is 12.1 Å². The minimum absolute atomic E-state index is 0.0700. The molecule has 2 rings (SSSR count). The number of aromatic amines is 1. The van der Waals surface area contributed by atoms with Crippen LogP contribution in [-0.2, 0) is 0 Å². The highest BCUT2D eigenvalue weighted by atomic mass is 16.4. The average Bonchev–Trinajstić information content (AvgIpc) is 2.78.